The molecule has 4 rings (SSSR count). The smallest absolute Gasteiger partial charge is 0.256 e. The molecule has 0 radical (unpaired) electrons. The highest BCUT2D eigenvalue weighted by molar-refractivity contribution is 6.12. The highest BCUT2D eigenvalue weighted by Gasteiger charge is 2.33. The number of benzene rings is 3. The first kappa shape index (κ1) is 16.6. The van der Waals surface area contributed by atoms with E-state index in [1.807, 2.05) is 32.0 Å². The summed E-state index contributed by atoms with van der Waals surface area (Å²) in [4.78, 5) is 4.48. The van der Waals surface area contributed by atoms with Crippen LogP contribution in [-0.2, 0) is 6.18 Å². The van der Waals surface area contributed by atoms with Gasteiger partial charge in [0, 0.05) is 22.5 Å². The number of hydrogen-bond acceptors (Lipinski definition) is 1. The van der Waals surface area contributed by atoms with Gasteiger partial charge in [0.25, 0.3) is 0 Å². The summed E-state index contributed by atoms with van der Waals surface area (Å²) in [5, 5.41) is 2.09. The van der Waals surface area contributed by atoms with Gasteiger partial charge in [0.15, 0.2) is 0 Å². The minimum Gasteiger partial charge on any atom is -0.256 e. The Hall–Kier alpha value is -2.88. The van der Waals surface area contributed by atoms with E-state index in [0.717, 1.165) is 28.1 Å². The fourth-order valence-corrected chi connectivity index (χ4v) is 3.62. The molecule has 4 heteroatoms. The maximum Gasteiger partial charge on any atom is 0.417 e. The van der Waals surface area contributed by atoms with Crippen LogP contribution in [0.3, 0.4) is 0 Å². The standard InChI is InChI=1S/C22H16F3N/c1-13-10-14(2)12-16(11-13)21-18-7-6-15-4-3-5-19(22(23,24)25)20(15)17(18)8-9-26-21/h3-12H,1-2H3. The van der Waals surface area contributed by atoms with E-state index in [1.165, 1.54) is 6.07 Å². The van der Waals surface area contributed by atoms with Crippen molar-refractivity contribution >= 4 is 21.5 Å². The van der Waals surface area contributed by atoms with Crippen LogP contribution in [0.5, 0.6) is 0 Å². The molecule has 1 nitrogen and oxygen atoms in total. The van der Waals surface area contributed by atoms with E-state index in [0.29, 0.717) is 16.5 Å². The Balaban J connectivity index is 2.12. The van der Waals surface area contributed by atoms with Gasteiger partial charge in [-0.15, -0.1) is 0 Å². The Bertz CT molecular complexity index is 1120. The molecule has 130 valence electrons. The van der Waals surface area contributed by atoms with E-state index >= 15 is 0 Å². The van der Waals surface area contributed by atoms with E-state index in [4.69, 9.17) is 0 Å². The number of aromatic nitrogens is 1. The third-order valence-electron chi connectivity index (χ3n) is 4.59. The molecular weight excluding hydrogens is 335 g/mol. The third kappa shape index (κ3) is 2.71. The zero-order valence-electron chi connectivity index (χ0n) is 14.4. The second-order valence-corrected chi connectivity index (χ2v) is 6.60. The first-order valence-electron chi connectivity index (χ1n) is 8.31. The Labute approximate surface area is 149 Å². The van der Waals surface area contributed by atoms with Crippen molar-refractivity contribution in [2.24, 2.45) is 0 Å². The van der Waals surface area contributed by atoms with Crippen molar-refractivity contribution in [2.45, 2.75) is 20.0 Å². The van der Waals surface area contributed by atoms with Crippen molar-refractivity contribution in [3.8, 4) is 11.3 Å². The van der Waals surface area contributed by atoms with Crippen molar-refractivity contribution in [3.63, 3.8) is 0 Å². The highest BCUT2D eigenvalue weighted by Crippen LogP contribution is 2.39. The Kier molecular flexibility index (Phi) is 3.72. The quantitative estimate of drug-likeness (QED) is 0.348. The van der Waals surface area contributed by atoms with Gasteiger partial charge in [0.1, 0.15) is 0 Å². The number of hydrogen-bond donors (Lipinski definition) is 0. The van der Waals surface area contributed by atoms with E-state index < -0.39 is 11.7 Å². The first-order valence-corrected chi connectivity index (χ1v) is 8.31. The van der Waals surface area contributed by atoms with E-state index in [9.17, 15) is 13.2 Å². The maximum atomic E-state index is 13.6. The average Bonchev–Trinajstić information content (AvgIpc) is 2.58. The molecule has 0 bridgehead atoms. The molecule has 1 heterocycles. The third-order valence-corrected chi connectivity index (χ3v) is 4.59. The summed E-state index contributed by atoms with van der Waals surface area (Å²) >= 11 is 0. The number of rotatable bonds is 1. The number of halogens is 3. The van der Waals surface area contributed by atoms with Gasteiger partial charge in [-0.2, -0.15) is 13.2 Å². The van der Waals surface area contributed by atoms with Gasteiger partial charge in [-0.1, -0.05) is 41.5 Å². The van der Waals surface area contributed by atoms with Crippen LogP contribution in [-0.4, -0.2) is 4.98 Å². The topological polar surface area (TPSA) is 12.9 Å². The number of aryl methyl sites for hydroxylation is 2. The Morgan fingerprint density at radius 3 is 2.23 bits per heavy atom. The SMILES string of the molecule is Cc1cc(C)cc(-c2nccc3c2ccc2cccc(C(F)(F)F)c23)c1. The summed E-state index contributed by atoms with van der Waals surface area (Å²) < 4.78 is 40.7. The van der Waals surface area contributed by atoms with Crippen LogP contribution >= 0.6 is 0 Å². The van der Waals surface area contributed by atoms with Crippen LogP contribution < -0.4 is 0 Å². The van der Waals surface area contributed by atoms with Crippen molar-refractivity contribution in [1.29, 1.82) is 0 Å². The Morgan fingerprint density at radius 2 is 1.54 bits per heavy atom. The van der Waals surface area contributed by atoms with E-state index in [-0.39, 0.29) is 5.39 Å². The molecule has 0 N–H and O–H groups in total. The fraction of sp³-hybridized carbons (Fsp3) is 0.136. The molecule has 0 spiro atoms. The molecule has 3 aromatic carbocycles. The first-order chi connectivity index (χ1) is 12.3. The molecule has 0 saturated carbocycles. The molecule has 0 fully saturated rings. The lowest BCUT2D eigenvalue weighted by atomic mass is 9.94. The van der Waals surface area contributed by atoms with E-state index in [1.54, 1.807) is 24.4 Å². The summed E-state index contributed by atoms with van der Waals surface area (Å²) in [5.74, 6) is 0. The molecule has 0 saturated heterocycles. The highest BCUT2D eigenvalue weighted by atomic mass is 19.4. The summed E-state index contributed by atoms with van der Waals surface area (Å²) in [6.45, 7) is 4.00. The lowest BCUT2D eigenvalue weighted by Gasteiger charge is -2.14. The summed E-state index contributed by atoms with van der Waals surface area (Å²) in [7, 11) is 0. The van der Waals surface area contributed by atoms with Crippen LogP contribution in [0.25, 0.3) is 32.8 Å². The molecule has 0 amide bonds. The van der Waals surface area contributed by atoms with Gasteiger partial charge in [-0.3, -0.25) is 4.98 Å². The molecule has 0 aliphatic heterocycles. The second kappa shape index (κ2) is 5.84. The summed E-state index contributed by atoms with van der Waals surface area (Å²) in [6.07, 6.45) is -2.82. The summed E-state index contributed by atoms with van der Waals surface area (Å²) in [6, 6.07) is 15.6. The monoisotopic (exact) mass is 351 g/mol. The number of pyridine rings is 1. The zero-order chi connectivity index (χ0) is 18.5. The van der Waals surface area contributed by atoms with Gasteiger partial charge >= 0.3 is 6.18 Å². The van der Waals surface area contributed by atoms with Crippen LogP contribution in [0, 0.1) is 13.8 Å². The average molecular weight is 351 g/mol. The molecule has 0 atom stereocenters. The maximum absolute atomic E-state index is 13.6. The van der Waals surface area contributed by atoms with Crippen LogP contribution in [0.2, 0.25) is 0 Å². The van der Waals surface area contributed by atoms with Gasteiger partial charge in [-0.05, 0) is 48.9 Å². The summed E-state index contributed by atoms with van der Waals surface area (Å²) in [5.41, 5.74) is 3.19. The molecular formula is C22H16F3N. The van der Waals surface area contributed by atoms with E-state index in [2.05, 4.69) is 11.1 Å². The van der Waals surface area contributed by atoms with Crippen molar-refractivity contribution < 1.29 is 13.2 Å². The molecule has 0 aliphatic carbocycles. The lowest BCUT2D eigenvalue weighted by molar-refractivity contribution is -0.136. The molecule has 1 aromatic heterocycles. The normalized spacial score (nSPS) is 12.0. The molecule has 0 unspecified atom stereocenters. The number of nitrogens with zero attached hydrogens (tertiary/aromatic N) is 1. The minimum atomic E-state index is -4.41. The molecule has 0 aliphatic rings. The lowest BCUT2D eigenvalue weighted by Crippen LogP contribution is -2.05. The van der Waals surface area contributed by atoms with Gasteiger partial charge in [-0.25, -0.2) is 0 Å². The second-order valence-electron chi connectivity index (χ2n) is 6.60. The number of fused-ring (bicyclic) bond motifs is 3. The van der Waals surface area contributed by atoms with Crippen molar-refractivity contribution in [3.05, 3.63) is 77.5 Å². The van der Waals surface area contributed by atoms with Crippen LogP contribution in [0.1, 0.15) is 16.7 Å². The van der Waals surface area contributed by atoms with Crippen molar-refractivity contribution in [1.82, 2.24) is 4.98 Å². The fourth-order valence-electron chi connectivity index (χ4n) is 3.62. The minimum absolute atomic E-state index is 0.227. The predicted molar refractivity (Wildman–Crippen MR) is 99.2 cm³/mol. The molecule has 4 aromatic rings. The Morgan fingerprint density at radius 1 is 0.808 bits per heavy atom. The van der Waals surface area contributed by atoms with Gasteiger partial charge in [0.05, 0.1) is 11.3 Å². The van der Waals surface area contributed by atoms with Gasteiger partial charge in [0.2, 0.25) is 0 Å². The van der Waals surface area contributed by atoms with Crippen LogP contribution in [0.15, 0.2) is 60.8 Å². The predicted octanol–water partition coefficient (Wildman–Crippen LogP) is 6.69. The molecule has 26 heavy (non-hydrogen) atoms. The largest absolute Gasteiger partial charge is 0.417 e. The number of alkyl halides is 3. The zero-order valence-corrected chi connectivity index (χ0v) is 14.4. The van der Waals surface area contributed by atoms with Gasteiger partial charge < -0.3 is 0 Å². The van der Waals surface area contributed by atoms with Crippen molar-refractivity contribution in [2.75, 3.05) is 0 Å². The van der Waals surface area contributed by atoms with Crippen LogP contribution in [0.4, 0.5) is 13.2 Å².